The van der Waals surface area contributed by atoms with Gasteiger partial charge in [-0.05, 0) is 54.1 Å². The van der Waals surface area contributed by atoms with Crippen molar-refractivity contribution in [1.82, 2.24) is 0 Å². The monoisotopic (exact) mass is 362 g/mol. The van der Waals surface area contributed by atoms with Crippen LogP contribution in [0.25, 0.3) is 6.08 Å². The zero-order chi connectivity index (χ0) is 18.4. The van der Waals surface area contributed by atoms with E-state index in [0.29, 0.717) is 11.3 Å². The third kappa shape index (κ3) is 5.69. The molecule has 0 saturated heterocycles. The second kappa shape index (κ2) is 7.90. The van der Waals surface area contributed by atoms with Crippen molar-refractivity contribution in [1.29, 1.82) is 5.26 Å². The van der Waals surface area contributed by atoms with Crippen LogP contribution in [0.1, 0.15) is 11.1 Å². The Morgan fingerprint density at radius 3 is 2.36 bits per heavy atom. The largest absolute Gasteiger partial charge is 0.446 e. The van der Waals surface area contributed by atoms with E-state index in [2.05, 4.69) is 5.32 Å². The molecule has 0 radical (unpaired) electrons. The van der Waals surface area contributed by atoms with Gasteiger partial charge in [0.15, 0.2) is 0 Å². The Morgan fingerprint density at radius 2 is 1.80 bits per heavy atom. The number of thioether (sulfide) groups is 1. The Bertz CT molecular complexity index is 837. The Morgan fingerprint density at radius 1 is 1.16 bits per heavy atom. The van der Waals surface area contributed by atoms with Gasteiger partial charge in [0.05, 0.1) is 0 Å². The molecule has 0 heterocycles. The first-order valence-electron chi connectivity index (χ1n) is 7.13. The third-order valence-electron chi connectivity index (χ3n) is 3.18. The molecule has 25 heavy (non-hydrogen) atoms. The molecule has 7 heteroatoms. The van der Waals surface area contributed by atoms with Gasteiger partial charge in [-0.15, -0.1) is 0 Å². The Labute approximate surface area is 147 Å². The normalized spacial score (nSPS) is 11.7. The van der Waals surface area contributed by atoms with Gasteiger partial charge in [0, 0.05) is 10.6 Å². The number of hydrogen-bond acceptors (Lipinski definition) is 3. The number of carbonyl (C=O) groups excluding carboxylic acids is 1. The molecule has 0 unspecified atom stereocenters. The zero-order valence-corrected chi connectivity index (χ0v) is 13.9. The number of nitrogens with one attached hydrogen (secondary N) is 1. The lowest BCUT2D eigenvalue weighted by Gasteiger charge is -2.07. The van der Waals surface area contributed by atoms with Gasteiger partial charge in [0.25, 0.3) is 5.91 Å². The minimum atomic E-state index is -4.36. The third-order valence-corrected chi connectivity index (χ3v) is 3.92. The van der Waals surface area contributed by atoms with Crippen molar-refractivity contribution in [2.45, 2.75) is 17.3 Å². The van der Waals surface area contributed by atoms with E-state index >= 15 is 0 Å². The number of hydrogen-bond donors (Lipinski definition) is 1. The maximum atomic E-state index is 12.3. The predicted octanol–water partition coefficient (Wildman–Crippen LogP) is 5.15. The summed E-state index contributed by atoms with van der Waals surface area (Å²) in [5, 5.41) is 11.8. The molecule has 2 aromatic rings. The maximum absolute atomic E-state index is 12.3. The van der Waals surface area contributed by atoms with Crippen LogP contribution >= 0.6 is 11.8 Å². The van der Waals surface area contributed by atoms with E-state index in [9.17, 15) is 23.2 Å². The smallest absolute Gasteiger partial charge is 0.321 e. The molecule has 1 N–H and O–H groups in total. The van der Waals surface area contributed by atoms with E-state index in [0.717, 1.165) is 5.56 Å². The van der Waals surface area contributed by atoms with Crippen molar-refractivity contribution < 1.29 is 18.0 Å². The molecular formula is C18H13F3N2OS. The highest BCUT2D eigenvalue weighted by molar-refractivity contribution is 8.00. The van der Waals surface area contributed by atoms with Crippen molar-refractivity contribution in [3.8, 4) is 6.07 Å². The molecule has 0 bridgehead atoms. The van der Waals surface area contributed by atoms with Gasteiger partial charge in [0.1, 0.15) is 11.6 Å². The van der Waals surface area contributed by atoms with Crippen LogP contribution in [0.5, 0.6) is 0 Å². The second-order valence-corrected chi connectivity index (χ2v) is 6.19. The van der Waals surface area contributed by atoms with E-state index in [-0.39, 0.29) is 22.2 Å². The molecule has 0 saturated carbocycles. The van der Waals surface area contributed by atoms with Crippen molar-refractivity contribution >= 4 is 29.4 Å². The number of nitrogens with zero attached hydrogens (tertiary/aromatic N) is 1. The fourth-order valence-corrected chi connectivity index (χ4v) is 2.52. The Hall–Kier alpha value is -2.72. The summed E-state index contributed by atoms with van der Waals surface area (Å²) in [4.78, 5) is 12.2. The molecule has 0 atom stereocenters. The first-order valence-corrected chi connectivity index (χ1v) is 7.95. The van der Waals surface area contributed by atoms with Crippen LogP contribution < -0.4 is 5.32 Å². The van der Waals surface area contributed by atoms with Crippen LogP contribution in [0.15, 0.2) is 59.0 Å². The molecule has 2 rings (SSSR count). The highest BCUT2D eigenvalue weighted by atomic mass is 32.2. The molecule has 0 aromatic heterocycles. The summed E-state index contributed by atoms with van der Waals surface area (Å²) in [6.07, 6.45) is 1.33. The fourth-order valence-electron chi connectivity index (χ4n) is 1.98. The van der Waals surface area contributed by atoms with Crippen molar-refractivity contribution in [2.24, 2.45) is 0 Å². The molecule has 3 nitrogen and oxygen atoms in total. The highest BCUT2D eigenvalue weighted by Crippen LogP contribution is 2.36. The van der Waals surface area contributed by atoms with Crippen LogP contribution in [-0.2, 0) is 4.79 Å². The number of halogens is 3. The molecule has 0 aliphatic heterocycles. The van der Waals surface area contributed by atoms with Gasteiger partial charge >= 0.3 is 5.51 Å². The molecular weight excluding hydrogens is 349 g/mol. The molecule has 0 aliphatic carbocycles. The molecule has 0 fully saturated rings. The minimum Gasteiger partial charge on any atom is -0.321 e. The molecule has 0 spiro atoms. The number of nitriles is 1. The van der Waals surface area contributed by atoms with E-state index in [1.54, 1.807) is 18.2 Å². The SMILES string of the molecule is Cc1ccccc1NC(=O)/C(C#N)=C/c1ccc(SC(F)(F)F)cc1. The summed E-state index contributed by atoms with van der Waals surface area (Å²) in [7, 11) is 0. The van der Waals surface area contributed by atoms with E-state index < -0.39 is 11.4 Å². The van der Waals surface area contributed by atoms with E-state index in [1.807, 2.05) is 19.1 Å². The number of amides is 1. The second-order valence-electron chi connectivity index (χ2n) is 5.06. The summed E-state index contributed by atoms with van der Waals surface area (Å²) < 4.78 is 36.9. The average Bonchev–Trinajstić information content (AvgIpc) is 2.54. The first kappa shape index (κ1) is 18.6. The summed E-state index contributed by atoms with van der Waals surface area (Å²) in [5.74, 6) is -0.578. The summed E-state index contributed by atoms with van der Waals surface area (Å²) in [6.45, 7) is 1.82. The van der Waals surface area contributed by atoms with Crippen LogP contribution in [0, 0.1) is 18.3 Å². The highest BCUT2D eigenvalue weighted by Gasteiger charge is 2.28. The number of anilines is 1. The average molecular weight is 362 g/mol. The van der Waals surface area contributed by atoms with Gasteiger partial charge in [-0.25, -0.2) is 0 Å². The lowest BCUT2D eigenvalue weighted by molar-refractivity contribution is -0.112. The molecule has 1 amide bonds. The van der Waals surface area contributed by atoms with Crippen molar-refractivity contribution in [2.75, 3.05) is 5.32 Å². The number of rotatable bonds is 4. The summed E-state index contributed by atoms with van der Waals surface area (Å²) in [6, 6.07) is 14.4. The molecule has 0 aliphatic rings. The maximum Gasteiger partial charge on any atom is 0.446 e. The van der Waals surface area contributed by atoms with Crippen molar-refractivity contribution in [3.05, 3.63) is 65.2 Å². The molecule has 2 aromatic carbocycles. The standard InChI is InChI=1S/C18H13F3N2OS/c1-12-4-2-3-5-16(12)23-17(24)14(11-22)10-13-6-8-15(9-7-13)25-18(19,20)21/h2-10H,1H3,(H,23,24)/b14-10+. The topological polar surface area (TPSA) is 52.9 Å². The van der Waals surface area contributed by atoms with Gasteiger partial charge in [-0.3, -0.25) is 4.79 Å². The van der Waals surface area contributed by atoms with Crippen LogP contribution in [0.2, 0.25) is 0 Å². The molecule has 128 valence electrons. The number of para-hydroxylation sites is 1. The predicted molar refractivity (Wildman–Crippen MR) is 91.8 cm³/mol. The summed E-state index contributed by atoms with van der Waals surface area (Å²) >= 11 is -0.221. The van der Waals surface area contributed by atoms with Gasteiger partial charge in [-0.2, -0.15) is 18.4 Å². The number of carbonyl (C=O) groups is 1. The van der Waals surface area contributed by atoms with Gasteiger partial charge in [-0.1, -0.05) is 30.3 Å². The minimum absolute atomic E-state index is 0.0347. The number of benzene rings is 2. The number of aryl methyl sites for hydroxylation is 1. The Kier molecular flexibility index (Phi) is 5.88. The first-order chi connectivity index (χ1) is 11.8. The fraction of sp³-hybridized carbons (Fsp3) is 0.111. The lowest BCUT2D eigenvalue weighted by atomic mass is 10.1. The van der Waals surface area contributed by atoms with Gasteiger partial charge in [0.2, 0.25) is 0 Å². The van der Waals surface area contributed by atoms with Gasteiger partial charge < -0.3 is 5.32 Å². The van der Waals surface area contributed by atoms with Crippen LogP contribution in [0.3, 0.4) is 0 Å². The number of alkyl halides is 3. The zero-order valence-electron chi connectivity index (χ0n) is 13.1. The van der Waals surface area contributed by atoms with E-state index in [1.165, 1.54) is 30.3 Å². The lowest BCUT2D eigenvalue weighted by Crippen LogP contribution is -2.14. The Balaban J connectivity index is 2.15. The summed E-state index contributed by atoms with van der Waals surface area (Å²) in [5.41, 5.74) is -2.60. The van der Waals surface area contributed by atoms with E-state index in [4.69, 9.17) is 0 Å². The van der Waals surface area contributed by atoms with Crippen LogP contribution in [0.4, 0.5) is 18.9 Å². The quantitative estimate of drug-likeness (QED) is 0.465. The van der Waals surface area contributed by atoms with Crippen LogP contribution in [-0.4, -0.2) is 11.4 Å². The van der Waals surface area contributed by atoms with Crippen molar-refractivity contribution in [3.63, 3.8) is 0 Å².